The lowest BCUT2D eigenvalue weighted by molar-refractivity contribution is 0.805. The van der Waals surface area contributed by atoms with E-state index in [0.29, 0.717) is 0 Å². The smallest absolute Gasteiger partial charge is 0.128 e. The minimum Gasteiger partial charge on any atom is -0.360 e. The second-order valence-electron chi connectivity index (χ2n) is 3.48. The summed E-state index contributed by atoms with van der Waals surface area (Å²) in [4.78, 5) is 6.57. The predicted octanol–water partition coefficient (Wildman–Crippen LogP) is 1.65. The van der Waals surface area contributed by atoms with Crippen LogP contribution < -0.4 is 10.2 Å². The first-order valence-electron chi connectivity index (χ1n) is 5.08. The molecule has 0 fully saturated rings. The van der Waals surface area contributed by atoms with Crippen LogP contribution in [0.15, 0.2) is 18.3 Å². The Morgan fingerprint density at radius 2 is 2.21 bits per heavy atom. The predicted molar refractivity (Wildman–Crippen MR) is 60.6 cm³/mol. The number of pyridine rings is 1. The number of hydrogen-bond acceptors (Lipinski definition) is 3. The number of nitrogens with zero attached hydrogens (tertiary/aromatic N) is 2. The number of aromatic nitrogens is 1. The molecule has 3 nitrogen and oxygen atoms in total. The van der Waals surface area contributed by atoms with Crippen molar-refractivity contribution in [2.24, 2.45) is 0 Å². The summed E-state index contributed by atoms with van der Waals surface area (Å²) in [5.74, 6) is 1.05. The van der Waals surface area contributed by atoms with Crippen molar-refractivity contribution < 1.29 is 0 Å². The third kappa shape index (κ3) is 3.00. The average molecular weight is 193 g/mol. The molecule has 1 rings (SSSR count). The Hall–Kier alpha value is -1.09. The molecule has 0 aliphatic heterocycles. The third-order valence-corrected chi connectivity index (χ3v) is 2.14. The Morgan fingerprint density at radius 1 is 1.43 bits per heavy atom. The number of nitrogens with one attached hydrogen (secondary N) is 1. The van der Waals surface area contributed by atoms with E-state index in [1.54, 1.807) is 0 Å². The summed E-state index contributed by atoms with van der Waals surface area (Å²) in [6.45, 7) is 4.11. The van der Waals surface area contributed by atoms with E-state index in [0.717, 1.165) is 25.3 Å². The van der Waals surface area contributed by atoms with Crippen LogP contribution >= 0.6 is 0 Å². The highest BCUT2D eigenvalue weighted by molar-refractivity contribution is 5.38. The molecule has 0 saturated heterocycles. The maximum atomic E-state index is 4.40. The van der Waals surface area contributed by atoms with Crippen LogP contribution in [-0.4, -0.2) is 25.6 Å². The van der Waals surface area contributed by atoms with Crippen LogP contribution in [0.3, 0.4) is 0 Å². The van der Waals surface area contributed by atoms with Gasteiger partial charge in [-0.15, -0.1) is 0 Å². The summed E-state index contributed by atoms with van der Waals surface area (Å²) in [6, 6.07) is 4.19. The quantitative estimate of drug-likeness (QED) is 0.770. The largest absolute Gasteiger partial charge is 0.360 e. The van der Waals surface area contributed by atoms with Gasteiger partial charge in [-0.05, 0) is 25.1 Å². The SMILES string of the molecule is CCCN(C)c1ccc(CNC)cn1. The van der Waals surface area contributed by atoms with Crippen LogP contribution in [0.2, 0.25) is 0 Å². The van der Waals surface area contributed by atoms with Gasteiger partial charge in [0.15, 0.2) is 0 Å². The summed E-state index contributed by atoms with van der Waals surface area (Å²) in [7, 11) is 4.01. The average Bonchev–Trinajstić information content (AvgIpc) is 2.20. The lowest BCUT2D eigenvalue weighted by atomic mass is 10.3. The minimum absolute atomic E-state index is 0.880. The molecule has 0 saturated carbocycles. The molecule has 0 spiro atoms. The summed E-state index contributed by atoms with van der Waals surface area (Å²) in [6.07, 6.45) is 3.08. The molecule has 14 heavy (non-hydrogen) atoms. The molecule has 0 aliphatic rings. The molecule has 1 N–H and O–H groups in total. The second-order valence-corrected chi connectivity index (χ2v) is 3.48. The molecule has 3 heteroatoms. The Labute approximate surface area is 86.2 Å². The van der Waals surface area contributed by atoms with Crippen molar-refractivity contribution in [2.75, 3.05) is 25.5 Å². The van der Waals surface area contributed by atoms with E-state index in [2.05, 4.69) is 41.3 Å². The van der Waals surface area contributed by atoms with Crippen molar-refractivity contribution in [1.29, 1.82) is 0 Å². The first-order valence-corrected chi connectivity index (χ1v) is 5.08. The van der Waals surface area contributed by atoms with E-state index >= 15 is 0 Å². The van der Waals surface area contributed by atoms with E-state index in [9.17, 15) is 0 Å². The molecule has 1 aromatic rings. The maximum Gasteiger partial charge on any atom is 0.128 e. The molecule has 1 heterocycles. The molecule has 0 unspecified atom stereocenters. The first-order chi connectivity index (χ1) is 6.77. The molecule has 78 valence electrons. The van der Waals surface area contributed by atoms with Crippen molar-refractivity contribution in [2.45, 2.75) is 19.9 Å². The van der Waals surface area contributed by atoms with Crippen LogP contribution in [0.5, 0.6) is 0 Å². The van der Waals surface area contributed by atoms with Crippen LogP contribution in [-0.2, 0) is 6.54 Å². The van der Waals surface area contributed by atoms with E-state index in [-0.39, 0.29) is 0 Å². The van der Waals surface area contributed by atoms with Crippen molar-refractivity contribution >= 4 is 5.82 Å². The van der Waals surface area contributed by atoms with Gasteiger partial charge in [-0.3, -0.25) is 0 Å². The molecule has 0 radical (unpaired) electrons. The molecule has 0 bridgehead atoms. The molecule has 0 atom stereocenters. The summed E-state index contributed by atoms with van der Waals surface area (Å²) < 4.78 is 0. The molecule has 0 aromatic carbocycles. The lowest BCUT2D eigenvalue weighted by Gasteiger charge is -2.16. The van der Waals surface area contributed by atoms with Gasteiger partial charge in [0, 0.05) is 26.3 Å². The van der Waals surface area contributed by atoms with E-state index < -0.39 is 0 Å². The highest BCUT2D eigenvalue weighted by atomic mass is 15.2. The lowest BCUT2D eigenvalue weighted by Crippen LogP contribution is -2.19. The number of anilines is 1. The van der Waals surface area contributed by atoms with Crippen molar-refractivity contribution in [3.05, 3.63) is 23.9 Å². The van der Waals surface area contributed by atoms with Crippen LogP contribution in [0.25, 0.3) is 0 Å². The standard InChI is InChI=1S/C11H19N3/c1-4-7-14(3)11-6-5-10(8-12-2)9-13-11/h5-6,9,12H,4,7-8H2,1-3H3. The molecule has 0 amide bonds. The van der Waals surface area contributed by atoms with Gasteiger partial charge in [-0.2, -0.15) is 0 Å². The van der Waals surface area contributed by atoms with Gasteiger partial charge in [0.05, 0.1) is 0 Å². The van der Waals surface area contributed by atoms with Gasteiger partial charge in [0.25, 0.3) is 0 Å². The Bertz CT molecular complexity index is 256. The first kappa shape index (κ1) is 11.0. The van der Waals surface area contributed by atoms with Gasteiger partial charge in [-0.25, -0.2) is 4.98 Å². The van der Waals surface area contributed by atoms with Crippen molar-refractivity contribution in [3.63, 3.8) is 0 Å². The number of rotatable bonds is 5. The van der Waals surface area contributed by atoms with Crippen LogP contribution in [0.1, 0.15) is 18.9 Å². The fourth-order valence-corrected chi connectivity index (χ4v) is 1.40. The molecular weight excluding hydrogens is 174 g/mol. The zero-order valence-electron chi connectivity index (χ0n) is 9.25. The molecule has 1 aromatic heterocycles. The second kappa shape index (κ2) is 5.60. The number of hydrogen-bond donors (Lipinski definition) is 1. The van der Waals surface area contributed by atoms with Crippen LogP contribution in [0, 0.1) is 0 Å². The molecule has 0 aliphatic carbocycles. The fraction of sp³-hybridized carbons (Fsp3) is 0.545. The highest BCUT2D eigenvalue weighted by Gasteiger charge is 2.00. The van der Waals surface area contributed by atoms with Crippen LogP contribution in [0.4, 0.5) is 5.82 Å². The summed E-state index contributed by atoms with van der Waals surface area (Å²) >= 11 is 0. The fourth-order valence-electron chi connectivity index (χ4n) is 1.40. The maximum absolute atomic E-state index is 4.40. The van der Waals surface area contributed by atoms with E-state index in [4.69, 9.17) is 0 Å². The van der Waals surface area contributed by atoms with Gasteiger partial charge in [0.1, 0.15) is 5.82 Å². The Balaban J connectivity index is 2.62. The highest BCUT2D eigenvalue weighted by Crippen LogP contribution is 2.09. The van der Waals surface area contributed by atoms with Gasteiger partial charge in [-0.1, -0.05) is 13.0 Å². The molecular formula is C11H19N3. The Morgan fingerprint density at radius 3 is 2.71 bits per heavy atom. The third-order valence-electron chi connectivity index (χ3n) is 2.14. The van der Waals surface area contributed by atoms with Gasteiger partial charge in [0.2, 0.25) is 0 Å². The normalized spacial score (nSPS) is 10.2. The van der Waals surface area contributed by atoms with Crippen molar-refractivity contribution in [1.82, 2.24) is 10.3 Å². The summed E-state index contributed by atoms with van der Waals surface area (Å²) in [5, 5.41) is 3.10. The topological polar surface area (TPSA) is 28.2 Å². The zero-order chi connectivity index (χ0) is 10.4. The van der Waals surface area contributed by atoms with Gasteiger partial charge >= 0.3 is 0 Å². The van der Waals surface area contributed by atoms with E-state index in [1.165, 1.54) is 5.56 Å². The monoisotopic (exact) mass is 193 g/mol. The zero-order valence-corrected chi connectivity index (χ0v) is 9.25. The summed E-state index contributed by atoms with van der Waals surface area (Å²) in [5.41, 5.74) is 1.22. The minimum atomic E-state index is 0.880. The van der Waals surface area contributed by atoms with Crippen molar-refractivity contribution in [3.8, 4) is 0 Å². The van der Waals surface area contributed by atoms with Gasteiger partial charge < -0.3 is 10.2 Å². The Kier molecular flexibility index (Phi) is 4.40. The van der Waals surface area contributed by atoms with E-state index in [1.807, 2.05) is 13.2 Å².